The summed E-state index contributed by atoms with van der Waals surface area (Å²) in [5.74, 6) is 0.444. The lowest BCUT2D eigenvalue weighted by Crippen LogP contribution is -2.27. The average molecular weight is 489 g/mol. The number of aromatic amines is 1. The maximum Gasteiger partial charge on any atom is 0.302 e. The molecule has 36 heavy (non-hydrogen) atoms. The van der Waals surface area contributed by atoms with E-state index in [1.165, 1.54) is 18.6 Å². The molecule has 0 amide bonds. The number of carbonyl (C=O) groups is 1. The summed E-state index contributed by atoms with van der Waals surface area (Å²) >= 11 is 0. The van der Waals surface area contributed by atoms with Crippen molar-refractivity contribution in [1.29, 1.82) is 0 Å². The second-order valence-electron chi connectivity index (χ2n) is 10.2. The number of fused-ring (bicyclic) bond motifs is 1. The van der Waals surface area contributed by atoms with E-state index in [2.05, 4.69) is 4.98 Å². The molecular formula is C29H32N2O5. The predicted molar refractivity (Wildman–Crippen MR) is 142 cm³/mol. The summed E-state index contributed by atoms with van der Waals surface area (Å²) in [5, 5.41) is 1.86. The number of esters is 1. The van der Waals surface area contributed by atoms with Gasteiger partial charge in [0.15, 0.2) is 0 Å². The summed E-state index contributed by atoms with van der Waals surface area (Å²) in [4.78, 5) is 31.7. The van der Waals surface area contributed by atoms with Crippen LogP contribution < -0.4 is 10.3 Å². The number of pyridine rings is 2. The number of hydrogen-bond donors (Lipinski definition) is 1. The van der Waals surface area contributed by atoms with Crippen molar-refractivity contribution in [2.24, 2.45) is 0 Å². The van der Waals surface area contributed by atoms with E-state index >= 15 is 0 Å². The van der Waals surface area contributed by atoms with E-state index in [4.69, 9.17) is 19.2 Å². The van der Waals surface area contributed by atoms with Crippen LogP contribution in [0.1, 0.15) is 51.9 Å². The molecule has 5 rings (SSSR count). The highest BCUT2D eigenvalue weighted by atomic mass is 16.6. The van der Waals surface area contributed by atoms with Crippen molar-refractivity contribution in [1.82, 2.24) is 9.97 Å². The van der Waals surface area contributed by atoms with Crippen molar-refractivity contribution < 1.29 is 20.4 Å². The van der Waals surface area contributed by atoms with Crippen molar-refractivity contribution >= 4 is 27.8 Å². The normalized spacial score (nSPS) is 14.0. The van der Waals surface area contributed by atoms with Crippen LogP contribution in [0.5, 0.6) is 5.75 Å². The molecule has 2 aromatic carbocycles. The predicted octanol–water partition coefficient (Wildman–Crippen LogP) is 5.65. The summed E-state index contributed by atoms with van der Waals surface area (Å²) < 4.78 is 17.9. The standard InChI is InChI=1S/C29H30N2O5.H2/c1-16-14-21-19(7-9-24(33)31-21)27(25(16)23(15-35-17(2)32)36-29(3,4)5)20-6-8-22-26-18(11-13-34-22)10-12-30-28(20)26;/h6-10,12,14,23H,11,13,15H2,1-5H3,(H,31,33);1H/t23-;/m1./s1. The molecule has 0 radical (unpaired) electrons. The van der Waals surface area contributed by atoms with Gasteiger partial charge >= 0.3 is 5.97 Å². The molecule has 7 nitrogen and oxygen atoms in total. The Labute approximate surface area is 210 Å². The van der Waals surface area contributed by atoms with Crippen LogP contribution in [0.2, 0.25) is 0 Å². The molecule has 3 heterocycles. The van der Waals surface area contributed by atoms with E-state index in [0.29, 0.717) is 6.61 Å². The summed E-state index contributed by atoms with van der Waals surface area (Å²) in [6, 6.07) is 11.3. The van der Waals surface area contributed by atoms with Crippen LogP contribution in [0, 0.1) is 6.92 Å². The van der Waals surface area contributed by atoms with Gasteiger partial charge in [0, 0.05) is 48.9 Å². The van der Waals surface area contributed by atoms with E-state index in [1.807, 2.05) is 64.2 Å². The molecule has 1 atom stereocenters. The number of ether oxygens (including phenoxy) is 3. The first-order valence-corrected chi connectivity index (χ1v) is 12.1. The first kappa shape index (κ1) is 24.0. The average Bonchev–Trinajstić information content (AvgIpc) is 2.81. The van der Waals surface area contributed by atoms with Crippen molar-refractivity contribution in [3.05, 3.63) is 69.6 Å². The molecular weight excluding hydrogens is 456 g/mol. The smallest absolute Gasteiger partial charge is 0.302 e. The molecule has 2 aromatic heterocycles. The van der Waals surface area contributed by atoms with Gasteiger partial charge in [-0.15, -0.1) is 0 Å². The molecule has 0 fully saturated rings. The molecule has 1 N–H and O–H groups in total. The van der Waals surface area contributed by atoms with Gasteiger partial charge in [-0.25, -0.2) is 0 Å². The first-order chi connectivity index (χ1) is 17.1. The molecule has 7 heteroatoms. The number of nitrogens with one attached hydrogen (secondary N) is 1. The fraction of sp³-hybridized carbons (Fsp3) is 0.345. The summed E-state index contributed by atoms with van der Waals surface area (Å²) in [5.41, 5.74) is 5.67. The van der Waals surface area contributed by atoms with E-state index in [0.717, 1.165) is 56.2 Å². The van der Waals surface area contributed by atoms with Crippen molar-refractivity contribution in [3.8, 4) is 16.9 Å². The molecule has 1 aliphatic heterocycles. The minimum atomic E-state index is -0.540. The monoisotopic (exact) mass is 488 g/mol. The van der Waals surface area contributed by atoms with Gasteiger partial charge in [0.05, 0.1) is 17.7 Å². The highest BCUT2D eigenvalue weighted by Crippen LogP contribution is 2.44. The SMILES string of the molecule is CC(=O)OC[C@@H](OC(C)(C)C)c1c(C)cc2[nH]c(=O)ccc2c1-c1ccc2c3c(ccnc13)CCO2.[HH]. The molecule has 0 aliphatic carbocycles. The molecule has 188 valence electrons. The minimum Gasteiger partial charge on any atom is -0.493 e. The summed E-state index contributed by atoms with van der Waals surface area (Å²) in [7, 11) is 0. The fourth-order valence-electron chi connectivity index (χ4n) is 5.06. The molecule has 0 unspecified atom stereocenters. The van der Waals surface area contributed by atoms with Crippen molar-refractivity contribution in [2.75, 3.05) is 13.2 Å². The topological polar surface area (TPSA) is 90.5 Å². The third-order valence-corrected chi connectivity index (χ3v) is 6.37. The number of benzene rings is 2. The number of aryl methyl sites for hydroxylation is 1. The fourth-order valence-corrected chi connectivity index (χ4v) is 5.06. The Bertz CT molecular complexity index is 1540. The van der Waals surface area contributed by atoms with Crippen molar-refractivity contribution in [3.63, 3.8) is 0 Å². The highest BCUT2D eigenvalue weighted by Gasteiger charge is 2.29. The lowest BCUT2D eigenvalue weighted by Gasteiger charge is -2.31. The molecule has 0 spiro atoms. The van der Waals surface area contributed by atoms with E-state index in [1.54, 1.807) is 0 Å². The zero-order chi connectivity index (χ0) is 25.6. The van der Waals surface area contributed by atoms with Crippen LogP contribution in [0.3, 0.4) is 0 Å². The van der Waals surface area contributed by atoms with Crippen LogP contribution in [0.25, 0.3) is 32.9 Å². The minimum absolute atomic E-state index is 0. The number of carbonyl (C=O) groups excluding carboxylic acids is 1. The zero-order valence-electron chi connectivity index (χ0n) is 21.2. The largest absolute Gasteiger partial charge is 0.493 e. The molecule has 4 aromatic rings. The molecule has 0 bridgehead atoms. The Balaban J connectivity index is 0.00000320. The molecule has 0 saturated heterocycles. The quantitative estimate of drug-likeness (QED) is 0.365. The lowest BCUT2D eigenvalue weighted by atomic mass is 9.86. The number of hydrogen-bond acceptors (Lipinski definition) is 6. The van der Waals surface area contributed by atoms with Gasteiger partial charge in [-0.2, -0.15) is 0 Å². The van der Waals surface area contributed by atoms with Gasteiger partial charge in [0.2, 0.25) is 5.56 Å². The highest BCUT2D eigenvalue weighted by molar-refractivity contribution is 6.07. The second kappa shape index (κ2) is 9.06. The van der Waals surface area contributed by atoms with E-state index in [-0.39, 0.29) is 19.6 Å². The van der Waals surface area contributed by atoms with Crippen LogP contribution in [0.4, 0.5) is 0 Å². The number of aromatic nitrogens is 2. The maximum atomic E-state index is 12.2. The molecule has 0 saturated carbocycles. The summed E-state index contributed by atoms with van der Waals surface area (Å²) in [6.07, 6.45) is 2.10. The van der Waals surface area contributed by atoms with Gasteiger partial charge in [-0.3, -0.25) is 14.6 Å². The number of rotatable bonds is 5. The van der Waals surface area contributed by atoms with Gasteiger partial charge in [0.1, 0.15) is 18.5 Å². The third-order valence-electron chi connectivity index (χ3n) is 6.37. The van der Waals surface area contributed by atoms with Gasteiger partial charge in [-0.05, 0) is 80.3 Å². The number of nitrogens with zero attached hydrogens (tertiary/aromatic N) is 1. The Morgan fingerprint density at radius 2 is 2.03 bits per heavy atom. The Kier molecular flexibility index (Phi) is 6.04. The van der Waals surface area contributed by atoms with E-state index in [9.17, 15) is 9.59 Å². The van der Waals surface area contributed by atoms with Crippen molar-refractivity contribution in [2.45, 2.75) is 52.7 Å². The van der Waals surface area contributed by atoms with Crippen LogP contribution in [-0.2, 0) is 20.7 Å². The third kappa shape index (κ3) is 4.46. The molecule has 1 aliphatic rings. The lowest BCUT2D eigenvalue weighted by molar-refractivity contribution is -0.150. The van der Waals surface area contributed by atoms with Gasteiger partial charge in [0.25, 0.3) is 0 Å². The van der Waals surface area contributed by atoms with E-state index < -0.39 is 11.7 Å². The Morgan fingerprint density at radius 3 is 2.78 bits per heavy atom. The second-order valence-corrected chi connectivity index (χ2v) is 10.2. The van der Waals surface area contributed by atoms with Crippen LogP contribution in [-0.4, -0.2) is 34.8 Å². The Hall–Kier alpha value is -3.71. The zero-order valence-corrected chi connectivity index (χ0v) is 21.2. The first-order valence-electron chi connectivity index (χ1n) is 12.1. The Morgan fingerprint density at radius 1 is 1.22 bits per heavy atom. The summed E-state index contributed by atoms with van der Waals surface area (Å²) in [6.45, 7) is 10.00. The van der Waals surface area contributed by atoms with Gasteiger partial charge < -0.3 is 19.2 Å². The maximum absolute atomic E-state index is 12.2. The number of H-pyrrole nitrogens is 1. The van der Waals surface area contributed by atoms with Gasteiger partial charge in [-0.1, -0.05) is 0 Å². The van der Waals surface area contributed by atoms with Crippen LogP contribution >= 0.6 is 0 Å². The van der Waals surface area contributed by atoms with Crippen LogP contribution in [0.15, 0.2) is 47.4 Å².